The number of anilines is 1. The molecule has 1 amide bonds. The lowest BCUT2D eigenvalue weighted by atomic mass is 10.1. The number of nitrogens with one attached hydrogen (secondary N) is 1. The Morgan fingerprint density at radius 3 is 2.50 bits per heavy atom. The van der Waals surface area contributed by atoms with Gasteiger partial charge in [0.15, 0.2) is 0 Å². The first-order valence-corrected chi connectivity index (χ1v) is 11.2. The summed E-state index contributed by atoms with van der Waals surface area (Å²) in [6, 6.07) is 12.0. The third-order valence-corrected chi connectivity index (χ3v) is 6.99. The van der Waals surface area contributed by atoms with Crippen LogP contribution in [0.5, 0.6) is 0 Å². The van der Waals surface area contributed by atoms with E-state index in [-0.39, 0.29) is 15.5 Å². The summed E-state index contributed by atoms with van der Waals surface area (Å²) in [4.78, 5) is 19.4. The van der Waals surface area contributed by atoms with Gasteiger partial charge in [0.1, 0.15) is 4.90 Å². The summed E-state index contributed by atoms with van der Waals surface area (Å²) < 4.78 is 31.0. The zero-order valence-corrected chi connectivity index (χ0v) is 18.4. The molecule has 2 aromatic rings. The number of ether oxygens (including phenoxy) is 1. The first-order chi connectivity index (χ1) is 14.3. The maximum atomic E-state index is 12.5. The Morgan fingerprint density at radius 2 is 1.87 bits per heavy atom. The summed E-state index contributed by atoms with van der Waals surface area (Å²) in [7, 11) is -1.50. The van der Waals surface area contributed by atoms with Crippen molar-refractivity contribution in [1.29, 1.82) is 0 Å². The van der Waals surface area contributed by atoms with Crippen molar-refractivity contribution >= 4 is 33.2 Å². The normalized spacial score (nSPS) is 14.7. The highest BCUT2D eigenvalue weighted by Crippen LogP contribution is 2.25. The van der Waals surface area contributed by atoms with Gasteiger partial charge in [-0.1, -0.05) is 28.2 Å². The third kappa shape index (κ3) is 5.11. The minimum absolute atomic E-state index is 0.00847. The second-order valence-electron chi connectivity index (χ2n) is 6.69. The number of morpholine rings is 1. The number of carbonyl (C=O) groups excluding carboxylic acids is 1. The van der Waals surface area contributed by atoms with Crippen LogP contribution in [0, 0.1) is 0 Å². The molecule has 1 N–H and O–H groups in total. The molecule has 1 saturated heterocycles. The maximum absolute atomic E-state index is 12.5. The summed E-state index contributed by atoms with van der Waals surface area (Å²) in [5.41, 5.74) is 2.23. The van der Waals surface area contributed by atoms with Crippen LogP contribution in [-0.2, 0) is 26.1 Å². The molecule has 0 atom stereocenters. The number of benzene rings is 2. The van der Waals surface area contributed by atoms with E-state index in [0.29, 0.717) is 11.0 Å². The van der Waals surface area contributed by atoms with Crippen LogP contribution in [0.25, 0.3) is 0 Å². The molecule has 2 aromatic carbocycles. The minimum atomic E-state index is -3.97. The van der Waals surface area contributed by atoms with Crippen molar-refractivity contribution in [2.45, 2.75) is 11.4 Å². The summed E-state index contributed by atoms with van der Waals surface area (Å²) in [5.74, 6) is -0.402. The molecular weight excluding hydrogens is 430 g/mol. The van der Waals surface area contributed by atoms with Crippen molar-refractivity contribution in [1.82, 2.24) is 9.79 Å². The molecule has 0 spiro atoms. The zero-order valence-electron chi connectivity index (χ0n) is 16.8. The fourth-order valence-electron chi connectivity index (χ4n) is 3.01. The molecule has 1 heterocycles. The van der Waals surface area contributed by atoms with Gasteiger partial charge in [-0.25, -0.2) is 8.42 Å². The van der Waals surface area contributed by atoms with Crippen LogP contribution in [0.1, 0.15) is 15.9 Å². The third-order valence-electron chi connectivity index (χ3n) is 4.83. The van der Waals surface area contributed by atoms with Gasteiger partial charge >= 0.3 is 0 Å². The van der Waals surface area contributed by atoms with Gasteiger partial charge in [0, 0.05) is 37.9 Å². The molecule has 30 heavy (non-hydrogen) atoms. The van der Waals surface area contributed by atoms with Crippen LogP contribution in [0.3, 0.4) is 0 Å². The first-order valence-electron chi connectivity index (χ1n) is 9.35. The summed E-state index contributed by atoms with van der Waals surface area (Å²) in [6.07, 6.45) is 0. The number of rotatable bonds is 7. The highest BCUT2D eigenvalue weighted by atomic mass is 35.5. The topological polar surface area (TPSA) is 88.2 Å². The molecule has 1 fully saturated rings. The lowest BCUT2D eigenvalue weighted by Crippen LogP contribution is -2.36. The molecule has 0 unspecified atom stereocenters. The maximum Gasteiger partial charge on any atom is 0.266 e. The summed E-state index contributed by atoms with van der Waals surface area (Å²) in [6.45, 7) is 3.46. The number of carbonyl (C=O) groups is 1. The van der Waals surface area contributed by atoms with E-state index < -0.39 is 15.9 Å². The molecule has 0 aliphatic carbocycles. The van der Waals surface area contributed by atoms with E-state index in [0.717, 1.165) is 37.6 Å². The van der Waals surface area contributed by atoms with Crippen molar-refractivity contribution in [2.24, 2.45) is 0 Å². The fraction of sp³-hybridized carbons (Fsp3) is 0.350. The standard InChI is InChI=1S/C20H24ClN3O5S/c1-23(28-2)30(26,27)19-13-16(5-8-18(19)21)20(25)22-14-15-3-6-17(7-4-15)24-9-11-29-12-10-24/h3-8,13H,9-12,14H2,1-2H3,(H,22,25). The Balaban J connectivity index is 1.67. The number of hydrogen-bond donors (Lipinski definition) is 1. The molecule has 10 heteroatoms. The summed E-state index contributed by atoms with van der Waals surface area (Å²) >= 11 is 6.03. The van der Waals surface area contributed by atoms with Crippen LogP contribution >= 0.6 is 11.6 Å². The lowest BCUT2D eigenvalue weighted by Gasteiger charge is -2.28. The van der Waals surface area contributed by atoms with Gasteiger partial charge < -0.3 is 15.0 Å². The molecule has 1 aliphatic heterocycles. The van der Waals surface area contributed by atoms with Crippen molar-refractivity contribution < 1.29 is 22.8 Å². The Kier molecular flexibility index (Phi) is 7.32. The Labute approximate surface area is 181 Å². The average molecular weight is 454 g/mol. The quantitative estimate of drug-likeness (QED) is 0.647. The van der Waals surface area contributed by atoms with Crippen LogP contribution in [0.2, 0.25) is 5.02 Å². The monoisotopic (exact) mass is 453 g/mol. The van der Waals surface area contributed by atoms with Gasteiger partial charge in [-0.15, -0.1) is 0 Å². The van der Waals surface area contributed by atoms with Gasteiger partial charge in [0.25, 0.3) is 15.9 Å². The molecule has 162 valence electrons. The van der Waals surface area contributed by atoms with E-state index in [2.05, 4.69) is 10.2 Å². The van der Waals surface area contributed by atoms with E-state index in [1.807, 2.05) is 24.3 Å². The molecule has 0 bridgehead atoms. The van der Waals surface area contributed by atoms with Gasteiger partial charge in [-0.3, -0.25) is 9.63 Å². The minimum Gasteiger partial charge on any atom is -0.378 e. The van der Waals surface area contributed by atoms with E-state index >= 15 is 0 Å². The number of sulfonamides is 1. The summed E-state index contributed by atoms with van der Waals surface area (Å²) in [5, 5.41) is 2.81. The SMILES string of the molecule is CON(C)S(=O)(=O)c1cc(C(=O)NCc2ccc(N3CCOCC3)cc2)ccc1Cl. The molecule has 0 radical (unpaired) electrons. The number of hydroxylamine groups is 1. The highest BCUT2D eigenvalue weighted by molar-refractivity contribution is 7.89. The van der Waals surface area contributed by atoms with E-state index in [1.165, 1.54) is 32.4 Å². The van der Waals surface area contributed by atoms with E-state index in [1.54, 1.807) is 0 Å². The van der Waals surface area contributed by atoms with Crippen molar-refractivity contribution in [2.75, 3.05) is 45.4 Å². The van der Waals surface area contributed by atoms with Crippen LogP contribution in [-0.4, -0.2) is 59.3 Å². The second-order valence-corrected chi connectivity index (χ2v) is 9.00. The van der Waals surface area contributed by atoms with E-state index in [9.17, 15) is 13.2 Å². The average Bonchev–Trinajstić information content (AvgIpc) is 2.78. The van der Waals surface area contributed by atoms with Crippen LogP contribution in [0.15, 0.2) is 47.4 Å². The second kappa shape index (κ2) is 9.76. The predicted molar refractivity (Wildman–Crippen MR) is 114 cm³/mol. The zero-order chi connectivity index (χ0) is 21.7. The van der Waals surface area contributed by atoms with Crippen molar-refractivity contribution in [3.05, 3.63) is 58.6 Å². The fourth-order valence-corrected chi connectivity index (χ4v) is 4.48. The molecular formula is C20H24ClN3O5S. The lowest BCUT2D eigenvalue weighted by molar-refractivity contribution is -0.0258. The van der Waals surface area contributed by atoms with Gasteiger partial charge in [-0.05, 0) is 35.9 Å². The Bertz CT molecular complexity index is 992. The van der Waals surface area contributed by atoms with Gasteiger partial charge in [0.05, 0.1) is 25.3 Å². The molecule has 0 aromatic heterocycles. The Morgan fingerprint density at radius 1 is 1.20 bits per heavy atom. The predicted octanol–water partition coefficient (Wildman–Crippen LogP) is 2.29. The molecule has 0 saturated carbocycles. The highest BCUT2D eigenvalue weighted by Gasteiger charge is 2.25. The van der Waals surface area contributed by atoms with Gasteiger partial charge in [0.2, 0.25) is 0 Å². The number of amides is 1. The van der Waals surface area contributed by atoms with Gasteiger partial charge in [-0.2, -0.15) is 0 Å². The number of halogens is 1. The van der Waals surface area contributed by atoms with Crippen LogP contribution < -0.4 is 10.2 Å². The largest absolute Gasteiger partial charge is 0.378 e. The Hall–Kier alpha value is -2.17. The molecule has 1 aliphatic rings. The van der Waals surface area contributed by atoms with E-state index in [4.69, 9.17) is 21.2 Å². The molecule has 3 rings (SSSR count). The van der Waals surface area contributed by atoms with Crippen molar-refractivity contribution in [3.63, 3.8) is 0 Å². The molecule has 8 nitrogen and oxygen atoms in total. The van der Waals surface area contributed by atoms with Crippen LogP contribution in [0.4, 0.5) is 5.69 Å². The number of hydrogen-bond acceptors (Lipinski definition) is 6. The smallest absolute Gasteiger partial charge is 0.266 e. The first kappa shape index (κ1) is 22.5. The number of nitrogens with zero attached hydrogens (tertiary/aromatic N) is 2. The van der Waals surface area contributed by atoms with Crippen molar-refractivity contribution in [3.8, 4) is 0 Å².